The zero-order valence-corrected chi connectivity index (χ0v) is 20.1. The molecule has 1 saturated heterocycles. The van der Waals surface area contributed by atoms with Gasteiger partial charge < -0.3 is 14.4 Å². The first-order chi connectivity index (χ1) is 17.2. The maximum absolute atomic E-state index is 13.4. The molecule has 1 fully saturated rings. The van der Waals surface area contributed by atoms with Crippen molar-refractivity contribution in [2.45, 2.75) is 6.54 Å². The van der Waals surface area contributed by atoms with Crippen LogP contribution in [0.2, 0.25) is 0 Å². The number of nitrogens with zero attached hydrogens (tertiary/aromatic N) is 3. The predicted molar refractivity (Wildman–Crippen MR) is 144 cm³/mol. The molecule has 5 nitrogen and oxygen atoms in total. The Morgan fingerprint density at radius 2 is 1.57 bits per heavy atom. The number of amides is 1. The highest BCUT2D eigenvalue weighted by Gasteiger charge is 2.24. The van der Waals surface area contributed by atoms with E-state index in [4.69, 9.17) is 0 Å². The normalized spacial score (nSPS) is 14.1. The maximum atomic E-state index is 13.4. The van der Waals surface area contributed by atoms with Crippen LogP contribution in [0.4, 0.5) is 5.69 Å². The van der Waals surface area contributed by atoms with Crippen LogP contribution < -0.4 is 10.5 Å². The second-order valence-corrected chi connectivity index (χ2v) is 9.86. The summed E-state index contributed by atoms with van der Waals surface area (Å²) in [6.45, 7) is 3.22. The lowest BCUT2D eigenvalue weighted by Crippen LogP contribution is -2.49. The molecule has 3 aromatic carbocycles. The van der Waals surface area contributed by atoms with Crippen LogP contribution in [-0.2, 0) is 6.54 Å². The number of carbonyl (C=O) groups is 1. The Labute approximate surface area is 207 Å². The van der Waals surface area contributed by atoms with E-state index in [1.54, 1.807) is 6.07 Å². The molecule has 3 heterocycles. The highest BCUT2D eigenvalue weighted by atomic mass is 32.1. The molecule has 174 valence electrons. The number of rotatable bonds is 4. The SMILES string of the molecule is O=C(c1cccs1)N1CCN(c2cc(=O)n(Cc3ccc4ccccc4c3)c3ccccc23)CC1. The van der Waals surface area contributed by atoms with Gasteiger partial charge in [-0.05, 0) is 39.9 Å². The summed E-state index contributed by atoms with van der Waals surface area (Å²) in [6, 6.07) is 28.3. The van der Waals surface area contributed by atoms with Crippen LogP contribution >= 0.6 is 11.3 Å². The Kier molecular flexibility index (Phi) is 5.58. The summed E-state index contributed by atoms with van der Waals surface area (Å²) in [5, 5.41) is 5.36. The Morgan fingerprint density at radius 1 is 0.800 bits per heavy atom. The lowest BCUT2D eigenvalue weighted by Gasteiger charge is -2.36. The average molecular weight is 480 g/mol. The second-order valence-electron chi connectivity index (χ2n) is 8.91. The number of fused-ring (bicyclic) bond motifs is 2. The Morgan fingerprint density at radius 3 is 2.37 bits per heavy atom. The molecule has 1 aliphatic heterocycles. The molecule has 5 aromatic rings. The van der Waals surface area contributed by atoms with Gasteiger partial charge in [0.1, 0.15) is 0 Å². The van der Waals surface area contributed by atoms with Gasteiger partial charge in [-0.15, -0.1) is 11.3 Å². The highest BCUT2D eigenvalue weighted by Crippen LogP contribution is 2.27. The van der Waals surface area contributed by atoms with E-state index in [1.807, 2.05) is 57.3 Å². The van der Waals surface area contributed by atoms with Crippen molar-refractivity contribution in [2.75, 3.05) is 31.1 Å². The number of anilines is 1. The summed E-state index contributed by atoms with van der Waals surface area (Å²) in [7, 11) is 0. The molecule has 0 spiro atoms. The van der Waals surface area contributed by atoms with Crippen molar-refractivity contribution in [1.82, 2.24) is 9.47 Å². The van der Waals surface area contributed by atoms with E-state index in [1.165, 1.54) is 22.1 Å². The third-order valence-electron chi connectivity index (χ3n) is 6.79. The van der Waals surface area contributed by atoms with Gasteiger partial charge in [0.25, 0.3) is 11.5 Å². The first kappa shape index (κ1) is 21.6. The van der Waals surface area contributed by atoms with Crippen molar-refractivity contribution in [3.8, 4) is 0 Å². The first-order valence-corrected chi connectivity index (χ1v) is 12.7. The van der Waals surface area contributed by atoms with E-state index in [0.29, 0.717) is 32.7 Å². The molecule has 0 unspecified atom stereocenters. The lowest BCUT2D eigenvalue weighted by atomic mass is 10.1. The number of piperazine rings is 1. The summed E-state index contributed by atoms with van der Waals surface area (Å²) >= 11 is 1.48. The summed E-state index contributed by atoms with van der Waals surface area (Å²) in [6.07, 6.45) is 0. The van der Waals surface area contributed by atoms with E-state index < -0.39 is 0 Å². The van der Waals surface area contributed by atoms with Crippen LogP contribution in [-0.4, -0.2) is 41.6 Å². The standard InChI is InChI=1S/C29H25N3O2S/c33-28-19-26(30-13-15-31(16-14-30)29(34)27-10-5-17-35-27)24-8-3-4-9-25(24)32(28)20-21-11-12-22-6-1-2-7-23(22)18-21/h1-12,17-19H,13-16,20H2. The Hall–Kier alpha value is -3.90. The number of thiophene rings is 1. The number of para-hydroxylation sites is 1. The van der Waals surface area contributed by atoms with Crippen LogP contribution in [0.15, 0.2) is 95.1 Å². The monoisotopic (exact) mass is 479 g/mol. The van der Waals surface area contributed by atoms with Crippen LogP contribution in [0.25, 0.3) is 21.7 Å². The van der Waals surface area contributed by atoms with Gasteiger partial charge in [0.15, 0.2) is 0 Å². The Balaban J connectivity index is 1.30. The van der Waals surface area contributed by atoms with Gasteiger partial charge in [0.05, 0.1) is 22.6 Å². The molecule has 6 rings (SSSR count). The minimum atomic E-state index is -0.0102. The molecule has 35 heavy (non-hydrogen) atoms. The predicted octanol–water partition coefficient (Wildman–Crippen LogP) is 5.23. The molecule has 0 atom stereocenters. The van der Waals surface area contributed by atoms with Crippen LogP contribution in [0.3, 0.4) is 0 Å². The molecule has 0 bridgehead atoms. The summed E-state index contributed by atoms with van der Waals surface area (Å²) in [5.74, 6) is 0.0929. The summed E-state index contributed by atoms with van der Waals surface area (Å²) < 4.78 is 1.86. The fourth-order valence-corrected chi connectivity index (χ4v) is 5.66. The van der Waals surface area contributed by atoms with Gasteiger partial charge in [-0.1, -0.05) is 60.7 Å². The second kappa shape index (κ2) is 9.04. The average Bonchev–Trinajstić information content (AvgIpc) is 3.45. The third kappa shape index (κ3) is 4.10. The highest BCUT2D eigenvalue weighted by molar-refractivity contribution is 7.12. The number of hydrogen-bond acceptors (Lipinski definition) is 4. The molecule has 0 aliphatic carbocycles. The van der Waals surface area contributed by atoms with Gasteiger partial charge >= 0.3 is 0 Å². The third-order valence-corrected chi connectivity index (χ3v) is 7.65. The van der Waals surface area contributed by atoms with Crippen LogP contribution in [0.1, 0.15) is 15.2 Å². The molecular formula is C29H25N3O2S. The molecule has 0 saturated carbocycles. The fourth-order valence-electron chi connectivity index (χ4n) is 4.97. The van der Waals surface area contributed by atoms with Gasteiger partial charge in [-0.2, -0.15) is 0 Å². The topological polar surface area (TPSA) is 45.6 Å². The molecule has 2 aromatic heterocycles. The zero-order valence-electron chi connectivity index (χ0n) is 19.3. The van der Waals surface area contributed by atoms with Crippen LogP contribution in [0, 0.1) is 0 Å². The molecule has 0 N–H and O–H groups in total. The minimum Gasteiger partial charge on any atom is -0.367 e. The van der Waals surface area contributed by atoms with E-state index in [-0.39, 0.29) is 11.5 Å². The molecule has 1 aliphatic rings. The largest absolute Gasteiger partial charge is 0.367 e. The lowest BCUT2D eigenvalue weighted by molar-refractivity contribution is 0.0751. The van der Waals surface area contributed by atoms with Crippen molar-refractivity contribution < 1.29 is 4.79 Å². The van der Waals surface area contributed by atoms with E-state index in [0.717, 1.165) is 27.0 Å². The van der Waals surface area contributed by atoms with Gasteiger partial charge in [0, 0.05) is 37.6 Å². The smallest absolute Gasteiger partial charge is 0.264 e. The van der Waals surface area contributed by atoms with Crippen molar-refractivity contribution in [2.24, 2.45) is 0 Å². The van der Waals surface area contributed by atoms with E-state index >= 15 is 0 Å². The molecular weight excluding hydrogens is 454 g/mol. The van der Waals surface area contributed by atoms with Crippen molar-refractivity contribution in [3.05, 3.63) is 111 Å². The van der Waals surface area contributed by atoms with Gasteiger partial charge in [0.2, 0.25) is 0 Å². The molecule has 1 amide bonds. The zero-order chi connectivity index (χ0) is 23.8. The van der Waals surface area contributed by atoms with Crippen molar-refractivity contribution >= 4 is 44.6 Å². The van der Waals surface area contributed by atoms with E-state index in [2.05, 4.69) is 41.3 Å². The van der Waals surface area contributed by atoms with Gasteiger partial charge in [-0.25, -0.2) is 0 Å². The molecule has 6 heteroatoms. The number of aromatic nitrogens is 1. The van der Waals surface area contributed by atoms with E-state index in [9.17, 15) is 9.59 Å². The quantitative estimate of drug-likeness (QED) is 0.355. The maximum Gasteiger partial charge on any atom is 0.264 e. The van der Waals surface area contributed by atoms with Crippen molar-refractivity contribution in [3.63, 3.8) is 0 Å². The number of carbonyl (C=O) groups excluding carboxylic acids is 1. The fraction of sp³-hybridized carbons (Fsp3) is 0.172. The first-order valence-electron chi connectivity index (χ1n) is 11.9. The molecule has 0 radical (unpaired) electrons. The van der Waals surface area contributed by atoms with Gasteiger partial charge in [-0.3, -0.25) is 9.59 Å². The summed E-state index contributed by atoms with van der Waals surface area (Å²) in [5.41, 5.74) is 2.97. The van der Waals surface area contributed by atoms with Crippen molar-refractivity contribution in [1.29, 1.82) is 0 Å². The number of hydrogen-bond donors (Lipinski definition) is 0. The minimum absolute atomic E-state index is 0.0102. The number of benzene rings is 3. The number of pyridine rings is 1. The summed E-state index contributed by atoms with van der Waals surface area (Å²) in [4.78, 5) is 31.0. The van der Waals surface area contributed by atoms with Crippen LogP contribution in [0.5, 0.6) is 0 Å². The Bertz CT molecular complexity index is 1580.